The molecule has 1 aliphatic carbocycles. The smallest absolute Gasteiger partial charge is 0.142 e. The van der Waals surface area contributed by atoms with Crippen LogP contribution in [0.2, 0.25) is 0 Å². The molecule has 3 aromatic rings. The summed E-state index contributed by atoms with van der Waals surface area (Å²) < 4.78 is 0. The Hall–Kier alpha value is -1.94. The van der Waals surface area contributed by atoms with Gasteiger partial charge in [-0.25, -0.2) is 9.97 Å². The van der Waals surface area contributed by atoms with Crippen LogP contribution in [0, 0.1) is 5.92 Å². The van der Waals surface area contributed by atoms with Gasteiger partial charge in [0, 0.05) is 10.6 Å². The molecule has 106 valence electrons. The van der Waals surface area contributed by atoms with Gasteiger partial charge < -0.3 is 5.32 Å². The highest BCUT2D eigenvalue weighted by Gasteiger charge is 2.22. The summed E-state index contributed by atoms with van der Waals surface area (Å²) in [7, 11) is 0. The molecule has 4 rings (SSSR count). The molecule has 0 amide bonds. The first-order valence-corrected chi connectivity index (χ1v) is 8.20. The fraction of sp³-hybridized carbons (Fsp3) is 0.294. The molecule has 21 heavy (non-hydrogen) atoms. The number of aromatic nitrogens is 2. The van der Waals surface area contributed by atoms with Crippen molar-refractivity contribution in [2.24, 2.45) is 5.92 Å². The van der Waals surface area contributed by atoms with Crippen LogP contribution in [-0.2, 0) is 12.8 Å². The van der Waals surface area contributed by atoms with E-state index in [0.717, 1.165) is 28.7 Å². The average Bonchev–Trinajstić information content (AvgIpc) is 2.86. The minimum atomic E-state index is 0.782. The van der Waals surface area contributed by atoms with E-state index in [1.54, 1.807) is 6.33 Å². The first-order valence-electron chi connectivity index (χ1n) is 7.38. The second-order valence-corrected chi connectivity index (χ2v) is 6.83. The number of thiophene rings is 1. The monoisotopic (exact) mass is 295 g/mol. The van der Waals surface area contributed by atoms with Gasteiger partial charge in [0.1, 0.15) is 17.0 Å². The van der Waals surface area contributed by atoms with E-state index in [1.807, 2.05) is 29.5 Å². The Morgan fingerprint density at radius 3 is 2.90 bits per heavy atom. The molecule has 0 radical (unpaired) electrons. The molecular weight excluding hydrogens is 278 g/mol. The highest BCUT2D eigenvalue weighted by Crippen LogP contribution is 2.40. The van der Waals surface area contributed by atoms with Crippen molar-refractivity contribution in [3.63, 3.8) is 0 Å². The van der Waals surface area contributed by atoms with Crippen LogP contribution in [0.25, 0.3) is 10.2 Å². The van der Waals surface area contributed by atoms with Gasteiger partial charge in [-0.3, -0.25) is 0 Å². The van der Waals surface area contributed by atoms with Crippen molar-refractivity contribution in [1.29, 1.82) is 0 Å². The summed E-state index contributed by atoms with van der Waals surface area (Å²) >= 11 is 1.84. The van der Waals surface area contributed by atoms with Gasteiger partial charge in [0.15, 0.2) is 0 Å². The first-order chi connectivity index (χ1) is 10.3. The Morgan fingerprint density at radius 1 is 1.19 bits per heavy atom. The molecule has 2 aromatic heterocycles. The Balaban J connectivity index is 1.82. The second-order valence-electron chi connectivity index (χ2n) is 5.75. The lowest BCUT2D eigenvalue weighted by atomic mass is 9.89. The number of aryl methyl sites for hydroxylation is 1. The predicted octanol–water partition coefficient (Wildman–Crippen LogP) is 4.56. The zero-order valence-corrected chi connectivity index (χ0v) is 12.8. The number of nitrogens with one attached hydrogen (secondary N) is 1. The molecule has 2 heterocycles. The SMILES string of the molecule is C[C@H]1CCc2c(sc3ncnc(Nc4ccccc4)c23)C1. The third-order valence-electron chi connectivity index (χ3n) is 4.13. The molecule has 1 aliphatic rings. The summed E-state index contributed by atoms with van der Waals surface area (Å²) in [6.07, 6.45) is 5.26. The van der Waals surface area contributed by atoms with E-state index in [2.05, 4.69) is 34.3 Å². The lowest BCUT2D eigenvalue weighted by Gasteiger charge is -2.18. The first kappa shape index (κ1) is 12.8. The summed E-state index contributed by atoms with van der Waals surface area (Å²) in [5.41, 5.74) is 2.54. The molecule has 0 bridgehead atoms. The van der Waals surface area contributed by atoms with Gasteiger partial charge in [0.05, 0.1) is 5.39 Å². The van der Waals surface area contributed by atoms with Crippen LogP contribution in [0.1, 0.15) is 23.8 Å². The fourth-order valence-corrected chi connectivity index (χ4v) is 4.38. The summed E-state index contributed by atoms with van der Waals surface area (Å²) in [5, 5.41) is 4.68. The van der Waals surface area contributed by atoms with E-state index in [4.69, 9.17) is 0 Å². The number of nitrogens with zero attached hydrogens (tertiary/aromatic N) is 2. The number of hydrogen-bond donors (Lipinski definition) is 1. The van der Waals surface area contributed by atoms with Crippen LogP contribution >= 0.6 is 11.3 Å². The maximum atomic E-state index is 4.49. The molecule has 0 fully saturated rings. The molecule has 0 unspecified atom stereocenters. The Labute approximate surface area is 128 Å². The van der Waals surface area contributed by atoms with Gasteiger partial charge in [-0.1, -0.05) is 25.1 Å². The van der Waals surface area contributed by atoms with Gasteiger partial charge in [0.25, 0.3) is 0 Å². The maximum Gasteiger partial charge on any atom is 0.142 e. The normalized spacial score (nSPS) is 17.7. The van der Waals surface area contributed by atoms with Crippen molar-refractivity contribution >= 4 is 33.1 Å². The Morgan fingerprint density at radius 2 is 2.05 bits per heavy atom. The van der Waals surface area contributed by atoms with Crippen molar-refractivity contribution in [3.05, 3.63) is 47.1 Å². The van der Waals surface area contributed by atoms with Crippen LogP contribution in [0.15, 0.2) is 36.7 Å². The molecule has 0 spiro atoms. The average molecular weight is 295 g/mol. The minimum absolute atomic E-state index is 0.782. The molecule has 3 nitrogen and oxygen atoms in total. The third-order valence-corrected chi connectivity index (χ3v) is 5.29. The van der Waals surface area contributed by atoms with Crippen LogP contribution in [0.5, 0.6) is 0 Å². The van der Waals surface area contributed by atoms with Gasteiger partial charge in [-0.2, -0.15) is 0 Å². The minimum Gasteiger partial charge on any atom is -0.340 e. The number of benzene rings is 1. The van der Waals surface area contributed by atoms with Crippen LogP contribution in [-0.4, -0.2) is 9.97 Å². The van der Waals surface area contributed by atoms with Crippen molar-refractivity contribution in [3.8, 4) is 0 Å². The van der Waals surface area contributed by atoms with Crippen molar-refractivity contribution < 1.29 is 0 Å². The topological polar surface area (TPSA) is 37.8 Å². The fourth-order valence-electron chi connectivity index (χ4n) is 3.03. The molecule has 1 atom stereocenters. The van der Waals surface area contributed by atoms with E-state index in [-0.39, 0.29) is 0 Å². The molecule has 4 heteroatoms. The molecule has 1 aromatic carbocycles. The lowest BCUT2D eigenvalue weighted by Crippen LogP contribution is -2.09. The summed E-state index contributed by atoms with van der Waals surface area (Å²) in [4.78, 5) is 11.6. The zero-order valence-electron chi connectivity index (χ0n) is 12.0. The quantitative estimate of drug-likeness (QED) is 0.753. The van der Waals surface area contributed by atoms with Crippen molar-refractivity contribution in [1.82, 2.24) is 9.97 Å². The highest BCUT2D eigenvalue weighted by molar-refractivity contribution is 7.19. The summed E-state index contributed by atoms with van der Waals surface area (Å²) in [6, 6.07) is 10.2. The largest absolute Gasteiger partial charge is 0.340 e. The number of anilines is 2. The highest BCUT2D eigenvalue weighted by atomic mass is 32.1. The van der Waals surface area contributed by atoms with Gasteiger partial charge in [-0.15, -0.1) is 11.3 Å². The maximum absolute atomic E-state index is 4.49. The van der Waals surface area contributed by atoms with E-state index < -0.39 is 0 Å². The predicted molar refractivity (Wildman–Crippen MR) is 88.3 cm³/mol. The molecule has 0 saturated heterocycles. The van der Waals surface area contributed by atoms with Gasteiger partial charge >= 0.3 is 0 Å². The van der Waals surface area contributed by atoms with Crippen LogP contribution in [0.3, 0.4) is 0 Å². The van der Waals surface area contributed by atoms with Crippen molar-refractivity contribution in [2.45, 2.75) is 26.2 Å². The standard InChI is InChI=1S/C17H17N3S/c1-11-7-8-13-14(9-11)21-17-15(13)16(18-10-19-17)20-12-5-3-2-4-6-12/h2-6,10-11H,7-9H2,1H3,(H,18,19,20)/t11-/m0/s1. The Bertz CT molecular complexity index is 779. The zero-order chi connectivity index (χ0) is 14.2. The molecular formula is C17H17N3S. The van der Waals surface area contributed by atoms with E-state index in [1.165, 1.54) is 28.7 Å². The van der Waals surface area contributed by atoms with Crippen LogP contribution in [0.4, 0.5) is 11.5 Å². The molecule has 1 N–H and O–H groups in total. The molecule has 0 aliphatic heterocycles. The lowest BCUT2D eigenvalue weighted by molar-refractivity contribution is 0.509. The number of para-hydroxylation sites is 1. The van der Waals surface area contributed by atoms with Gasteiger partial charge in [-0.05, 0) is 42.9 Å². The van der Waals surface area contributed by atoms with Gasteiger partial charge in [0.2, 0.25) is 0 Å². The summed E-state index contributed by atoms with van der Waals surface area (Å²) in [6.45, 7) is 2.34. The third kappa shape index (κ3) is 2.29. The number of fused-ring (bicyclic) bond motifs is 3. The summed E-state index contributed by atoms with van der Waals surface area (Å²) in [5.74, 6) is 1.72. The van der Waals surface area contributed by atoms with Crippen LogP contribution < -0.4 is 5.32 Å². The van der Waals surface area contributed by atoms with Crippen molar-refractivity contribution in [2.75, 3.05) is 5.32 Å². The number of rotatable bonds is 2. The Kier molecular flexibility index (Phi) is 3.11. The molecule has 0 saturated carbocycles. The van der Waals surface area contributed by atoms with E-state index in [0.29, 0.717) is 0 Å². The van der Waals surface area contributed by atoms with E-state index in [9.17, 15) is 0 Å². The second kappa shape index (κ2) is 5.11. The number of hydrogen-bond acceptors (Lipinski definition) is 4. The van der Waals surface area contributed by atoms with E-state index >= 15 is 0 Å².